The van der Waals surface area contributed by atoms with Gasteiger partial charge in [-0.2, -0.15) is 0 Å². The van der Waals surface area contributed by atoms with Gasteiger partial charge in [-0.1, -0.05) is 0 Å². The van der Waals surface area contributed by atoms with E-state index in [0.29, 0.717) is 10.7 Å². The van der Waals surface area contributed by atoms with Crippen LogP contribution in [0.1, 0.15) is 0 Å². The first-order valence-corrected chi connectivity index (χ1v) is 7.25. The number of aromatic nitrogens is 1. The molecule has 1 N–H and O–H groups in total. The Morgan fingerprint density at radius 3 is 2.26 bits per heavy atom. The topological polar surface area (TPSA) is 59.1 Å². The lowest BCUT2D eigenvalue weighted by atomic mass is 10.3. The first-order chi connectivity index (χ1) is 8.87. The Kier molecular flexibility index (Phi) is 3.81. The molecule has 0 spiro atoms. The molecular weight excluding hydrogens is 342 g/mol. The Hall–Kier alpha value is -1.54. The Morgan fingerprint density at radius 1 is 1.11 bits per heavy atom. The first kappa shape index (κ1) is 13.9. The predicted molar refractivity (Wildman–Crippen MR) is 69.1 cm³/mol. The zero-order chi connectivity index (χ0) is 14.0. The van der Waals surface area contributed by atoms with Crippen molar-refractivity contribution in [1.82, 2.24) is 4.98 Å². The van der Waals surface area contributed by atoms with Crippen LogP contribution in [0.5, 0.6) is 0 Å². The third kappa shape index (κ3) is 3.48. The van der Waals surface area contributed by atoms with Crippen LogP contribution in [0, 0.1) is 11.6 Å². The fourth-order valence-electron chi connectivity index (χ4n) is 1.33. The molecule has 0 amide bonds. The van der Waals surface area contributed by atoms with Gasteiger partial charge in [-0.15, -0.1) is 0 Å². The quantitative estimate of drug-likeness (QED) is 0.867. The van der Waals surface area contributed by atoms with Crippen molar-refractivity contribution in [3.05, 3.63) is 52.8 Å². The van der Waals surface area contributed by atoms with E-state index in [0.717, 1.165) is 12.1 Å². The standard InChI is InChI=1S/C11H7BrF2N2O2S/c12-11-2-1-9(6-15-11)16-19(17,18)10-4-7(13)3-8(14)5-10/h1-6,16H. The summed E-state index contributed by atoms with van der Waals surface area (Å²) in [6.07, 6.45) is 1.28. The lowest BCUT2D eigenvalue weighted by molar-refractivity contribution is 0.568. The van der Waals surface area contributed by atoms with Crippen LogP contribution in [0.3, 0.4) is 0 Å². The zero-order valence-electron chi connectivity index (χ0n) is 9.27. The second-order valence-corrected chi connectivity index (χ2v) is 6.08. The summed E-state index contributed by atoms with van der Waals surface area (Å²) in [6.45, 7) is 0. The van der Waals surface area contributed by atoms with Gasteiger partial charge in [0.25, 0.3) is 10.0 Å². The van der Waals surface area contributed by atoms with Gasteiger partial charge in [-0.3, -0.25) is 4.72 Å². The van der Waals surface area contributed by atoms with E-state index in [1.54, 1.807) is 0 Å². The third-order valence-corrected chi connectivity index (χ3v) is 3.96. The average molecular weight is 349 g/mol. The van der Waals surface area contributed by atoms with Gasteiger partial charge in [0.2, 0.25) is 0 Å². The molecule has 0 bridgehead atoms. The van der Waals surface area contributed by atoms with Gasteiger partial charge in [0.15, 0.2) is 0 Å². The Bertz CT molecular complexity index is 685. The van der Waals surface area contributed by atoms with Gasteiger partial charge in [0.1, 0.15) is 16.2 Å². The number of rotatable bonds is 3. The van der Waals surface area contributed by atoms with Crippen LogP contribution in [0.25, 0.3) is 0 Å². The number of halogens is 3. The van der Waals surface area contributed by atoms with Crippen LogP contribution in [0.2, 0.25) is 0 Å². The summed E-state index contributed by atoms with van der Waals surface area (Å²) in [5.41, 5.74) is 0.188. The van der Waals surface area contributed by atoms with Crippen molar-refractivity contribution in [2.24, 2.45) is 0 Å². The molecule has 0 aliphatic heterocycles. The van der Waals surface area contributed by atoms with Crippen LogP contribution in [-0.4, -0.2) is 13.4 Å². The number of hydrogen-bond donors (Lipinski definition) is 1. The van der Waals surface area contributed by atoms with Crippen molar-refractivity contribution >= 4 is 31.6 Å². The third-order valence-electron chi connectivity index (χ3n) is 2.13. The van der Waals surface area contributed by atoms with E-state index in [1.807, 2.05) is 0 Å². The van der Waals surface area contributed by atoms with Crippen molar-refractivity contribution < 1.29 is 17.2 Å². The molecule has 2 rings (SSSR count). The maximum absolute atomic E-state index is 13.0. The number of sulfonamides is 1. The smallest absolute Gasteiger partial charge is 0.262 e. The lowest BCUT2D eigenvalue weighted by Crippen LogP contribution is -2.13. The van der Waals surface area contributed by atoms with Crippen molar-refractivity contribution in [2.75, 3.05) is 4.72 Å². The lowest BCUT2D eigenvalue weighted by Gasteiger charge is -2.08. The normalized spacial score (nSPS) is 11.3. The van der Waals surface area contributed by atoms with Crippen LogP contribution < -0.4 is 4.72 Å². The Labute approximate surface area is 116 Å². The molecule has 1 heterocycles. The fraction of sp³-hybridized carbons (Fsp3) is 0. The molecule has 0 unspecified atom stereocenters. The second kappa shape index (κ2) is 5.22. The van der Waals surface area contributed by atoms with Crippen LogP contribution in [-0.2, 0) is 10.0 Å². The molecule has 2 aromatic rings. The highest BCUT2D eigenvalue weighted by Crippen LogP contribution is 2.18. The maximum atomic E-state index is 13.0. The minimum atomic E-state index is -4.06. The van der Waals surface area contributed by atoms with E-state index < -0.39 is 26.6 Å². The van der Waals surface area contributed by atoms with E-state index in [4.69, 9.17) is 0 Å². The molecule has 1 aromatic heterocycles. The molecule has 0 aliphatic rings. The number of benzene rings is 1. The van der Waals surface area contributed by atoms with Gasteiger partial charge in [-0.05, 0) is 40.2 Å². The zero-order valence-corrected chi connectivity index (χ0v) is 11.7. The minimum Gasteiger partial charge on any atom is -0.278 e. The monoisotopic (exact) mass is 348 g/mol. The molecule has 4 nitrogen and oxygen atoms in total. The highest BCUT2D eigenvalue weighted by Gasteiger charge is 2.16. The molecule has 0 saturated carbocycles. The summed E-state index contributed by atoms with van der Waals surface area (Å²) >= 11 is 3.10. The summed E-state index contributed by atoms with van der Waals surface area (Å²) in [7, 11) is -4.06. The number of nitrogens with one attached hydrogen (secondary N) is 1. The molecule has 1 aromatic carbocycles. The molecule has 19 heavy (non-hydrogen) atoms. The minimum absolute atomic E-state index is 0.188. The van der Waals surface area contributed by atoms with Crippen molar-refractivity contribution in [1.29, 1.82) is 0 Å². The van der Waals surface area contributed by atoms with Crippen molar-refractivity contribution in [3.63, 3.8) is 0 Å². The average Bonchev–Trinajstić information content (AvgIpc) is 2.31. The molecule has 0 saturated heterocycles. The molecule has 0 atom stereocenters. The van der Waals surface area contributed by atoms with Crippen molar-refractivity contribution in [3.8, 4) is 0 Å². The van der Waals surface area contributed by atoms with Gasteiger partial charge in [-0.25, -0.2) is 22.2 Å². The summed E-state index contributed by atoms with van der Waals surface area (Å²) in [5, 5.41) is 0. The Balaban J connectivity index is 2.34. The van der Waals surface area contributed by atoms with Gasteiger partial charge < -0.3 is 0 Å². The largest absolute Gasteiger partial charge is 0.278 e. The summed E-state index contributed by atoms with van der Waals surface area (Å²) in [6, 6.07) is 5.06. The van der Waals surface area contributed by atoms with E-state index in [9.17, 15) is 17.2 Å². The summed E-state index contributed by atoms with van der Waals surface area (Å²) in [5.74, 6) is -1.93. The van der Waals surface area contributed by atoms with E-state index in [1.165, 1.54) is 18.3 Å². The van der Waals surface area contributed by atoms with Crippen LogP contribution >= 0.6 is 15.9 Å². The first-order valence-electron chi connectivity index (χ1n) is 4.97. The molecule has 100 valence electrons. The molecule has 8 heteroatoms. The Morgan fingerprint density at radius 2 is 1.74 bits per heavy atom. The number of hydrogen-bond acceptors (Lipinski definition) is 3. The maximum Gasteiger partial charge on any atom is 0.262 e. The van der Waals surface area contributed by atoms with Crippen LogP contribution in [0.15, 0.2) is 46.0 Å². The second-order valence-electron chi connectivity index (χ2n) is 3.58. The molecule has 0 aliphatic carbocycles. The van der Waals surface area contributed by atoms with Crippen LogP contribution in [0.4, 0.5) is 14.5 Å². The number of pyridine rings is 1. The SMILES string of the molecule is O=S(=O)(Nc1ccc(Br)nc1)c1cc(F)cc(F)c1. The van der Waals surface area contributed by atoms with Gasteiger partial charge in [0.05, 0.1) is 16.8 Å². The summed E-state index contributed by atoms with van der Waals surface area (Å²) in [4.78, 5) is 3.34. The highest BCUT2D eigenvalue weighted by molar-refractivity contribution is 9.10. The number of nitrogens with zero attached hydrogens (tertiary/aromatic N) is 1. The molecule has 0 fully saturated rings. The van der Waals surface area contributed by atoms with Gasteiger partial charge >= 0.3 is 0 Å². The molecular formula is C11H7BrF2N2O2S. The fourth-order valence-corrected chi connectivity index (χ4v) is 2.65. The van der Waals surface area contributed by atoms with E-state index >= 15 is 0 Å². The van der Waals surface area contributed by atoms with Gasteiger partial charge in [0, 0.05) is 6.07 Å². The van der Waals surface area contributed by atoms with Crippen molar-refractivity contribution in [2.45, 2.75) is 4.90 Å². The molecule has 0 radical (unpaired) electrons. The number of anilines is 1. The summed E-state index contributed by atoms with van der Waals surface area (Å²) < 4.78 is 52.5. The van der Waals surface area contributed by atoms with E-state index in [-0.39, 0.29) is 5.69 Å². The predicted octanol–water partition coefficient (Wildman–Crippen LogP) is 2.92. The highest BCUT2D eigenvalue weighted by atomic mass is 79.9. The van der Waals surface area contributed by atoms with E-state index in [2.05, 4.69) is 25.6 Å².